The van der Waals surface area contributed by atoms with Crippen molar-refractivity contribution in [3.05, 3.63) is 89.5 Å². The Balaban J connectivity index is 1.68. The highest BCUT2D eigenvalue weighted by molar-refractivity contribution is 6.37. The van der Waals surface area contributed by atoms with E-state index in [0.29, 0.717) is 35.6 Å². The summed E-state index contributed by atoms with van der Waals surface area (Å²) < 4.78 is 0. The number of benzene rings is 3. The van der Waals surface area contributed by atoms with Crippen LogP contribution in [0.5, 0.6) is 0 Å². The van der Waals surface area contributed by atoms with Crippen LogP contribution in [0.15, 0.2) is 72.8 Å². The molecule has 1 heterocycles. The Morgan fingerprint density at radius 3 is 2.20 bits per heavy atom. The zero-order chi connectivity index (χ0) is 28.8. The summed E-state index contributed by atoms with van der Waals surface area (Å²) in [7, 11) is 5.79. The summed E-state index contributed by atoms with van der Waals surface area (Å²) in [5.41, 5.74) is 5.47. The van der Waals surface area contributed by atoms with Gasteiger partial charge >= 0.3 is 0 Å². The molecule has 8 nitrogen and oxygen atoms in total. The monoisotopic (exact) mass is 539 g/mol. The third kappa shape index (κ3) is 6.40. The number of rotatable bonds is 10. The molecule has 0 radical (unpaired) electrons. The van der Waals surface area contributed by atoms with Gasteiger partial charge in [0.05, 0.1) is 11.3 Å². The minimum absolute atomic E-state index is 0.00577. The molecule has 0 atom stereocenters. The van der Waals surface area contributed by atoms with Crippen LogP contribution in [-0.2, 0) is 9.59 Å². The van der Waals surface area contributed by atoms with Crippen LogP contribution in [0.2, 0.25) is 0 Å². The lowest BCUT2D eigenvalue weighted by Gasteiger charge is -2.23. The molecule has 3 aromatic carbocycles. The third-order valence-electron chi connectivity index (χ3n) is 6.96. The highest BCUT2D eigenvalue weighted by Gasteiger charge is 2.29. The van der Waals surface area contributed by atoms with Gasteiger partial charge in [0.1, 0.15) is 0 Å². The molecule has 0 aliphatic carbocycles. The van der Waals surface area contributed by atoms with Crippen molar-refractivity contribution >= 4 is 46.1 Å². The summed E-state index contributed by atoms with van der Waals surface area (Å²) in [6.45, 7) is 5.62. The molecule has 0 fully saturated rings. The van der Waals surface area contributed by atoms with Crippen LogP contribution in [0.1, 0.15) is 41.8 Å². The quantitative estimate of drug-likeness (QED) is 0.354. The summed E-state index contributed by atoms with van der Waals surface area (Å²) in [5, 5.41) is 6.40. The van der Waals surface area contributed by atoms with E-state index in [1.54, 1.807) is 35.9 Å². The van der Waals surface area contributed by atoms with Crippen molar-refractivity contribution in [2.45, 2.75) is 20.3 Å². The first-order chi connectivity index (χ1) is 19.2. The van der Waals surface area contributed by atoms with E-state index in [9.17, 15) is 14.4 Å². The Kier molecular flexibility index (Phi) is 9.01. The Hall–Kier alpha value is -4.43. The van der Waals surface area contributed by atoms with Gasteiger partial charge < -0.3 is 25.3 Å². The Bertz CT molecular complexity index is 1410. The second-order valence-corrected chi connectivity index (χ2v) is 10.1. The number of fused-ring (bicyclic) bond motifs is 1. The number of carbonyl (C=O) groups excluding carboxylic acids is 3. The van der Waals surface area contributed by atoms with E-state index in [1.807, 2.05) is 81.7 Å². The summed E-state index contributed by atoms with van der Waals surface area (Å²) >= 11 is 0. The van der Waals surface area contributed by atoms with Gasteiger partial charge in [-0.1, -0.05) is 36.4 Å². The van der Waals surface area contributed by atoms with Crippen molar-refractivity contribution in [3.63, 3.8) is 0 Å². The molecular weight excluding hydrogens is 502 g/mol. The Labute approximate surface area is 236 Å². The molecule has 1 aliphatic heterocycles. The smallest absolute Gasteiger partial charge is 0.258 e. The molecule has 40 heavy (non-hydrogen) atoms. The van der Waals surface area contributed by atoms with Gasteiger partial charge in [-0.3, -0.25) is 14.4 Å². The SMILES string of the molecule is CCN(C)C(=O)c1ccc2c(c1)NC(=O)/C2=C(\Nc1ccc(N(CCCN(C)C)C(C)=O)cc1)c1ccccc1. The molecule has 1 aliphatic rings. The van der Waals surface area contributed by atoms with Crippen molar-refractivity contribution in [1.29, 1.82) is 0 Å². The number of anilines is 3. The lowest BCUT2D eigenvalue weighted by Crippen LogP contribution is -2.31. The number of hydrogen-bond acceptors (Lipinski definition) is 5. The summed E-state index contributed by atoms with van der Waals surface area (Å²) in [6.07, 6.45) is 0.868. The molecule has 0 spiro atoms. The summed E-state index contributed by atoms with van der Waals surface area (Å²) in [6, 6.07) is 22.7. The maximum Gasteiger partial charge on any atom is 0.258 e. The molecule has 4 rings (SSSR count). The van der Waals surface area contributed by atoms with Crippen molar-refractivity contribution in [2.75, 3.05) is 56.3 Å². The van der Waals surface area contributed by atoms with E-state index in [0.717, 1.165) is 35.5 Å². The van der Waals surface area contributed by atoms with E-state index in [-0.39, 0.29) is 17.7 Å². The molecule has 0 unspecified atom stereocenters. The number of nitrogens with zero attached hydrogens (tertiary/aromatic N) is 3. The molecule has 3 amide bonds. The molecule has 3 aromatic rings. The maximum atomic E-state index is 13.3. The maximum absolute atomic E-state index is 13.3. The largest absolute Gasteiger partial charge is 0.354 e. The Morgan fingerprint density at radius 2 is 1.57 bits per heavy atom. The lowest BCUT2D eigenvalue weighted by molar-refractivity contribution is -0.116. The van der Waals surface area contributed by atoms with E-state index >= 15 is 0 Å². The fraction of sp³-hybridized carbons (Fsp3) is 0.281. The third-order valence-corrected chi connectivity index (χ3v) is 6.96. The van der Waals surface area contributed by atoms with Gasteiger partial charge in [0, 0.05) is 55.2 Å². The number of nitrogens with one attached hydrogen (secondary N) is 2. The second kappa shape index (κ2) is 12.6. The zero-order valence-corrected chi connectivity index (χ0v) is 23.8. The molecule has 2 N–H and O–H groups in total. The van der Waals surface area contributed by atoms with Crippen molar-refractivity contribution < 1.29 is 14.4 Å². The topological polar surface area (TPSA) is 85.0 Å². The molecular formula is C32H37N5O3. The molecule has 8 heteroatoms. The van der Waals surface area contributed by atoms with E-state index in [2.05, 4.69) is 15.5 Å². The average molecular weight is 540 g/mol. The van der Waals surface area contributed by atoms with Crippen molar-refractivity contribution in [3.8, 4) is 0 Å². The molecule has 0 saturated carbocycles. The van der Waals surface area contributed by atoms with Gasteiger partial charge in [-0.2, -0.15) is 0 Å². The first kappa shape index (κ1) is 28.6. The Morgan fingerprint density at radius 1 is 0.875 bits per heavy atom. The normalized spacial score (nSPS) is 13.5. The number of hydrogen-bond donors (Lipinski definition) is 2. The predicted molar refractivity (Wildman–Crippen MR) is 162 cm³/mol. The highest BCUT2D eigenvalue weighted by atomic mass is 16.2. The van der Waals surface area contributed by atoms with E-state index in [1.165, 1.54) is 0 Å². The second-order valence-electron chi connectivity index (χ2n) is 10.1. The van der Waals surface area contributed by atoms with Crippen LogP contribution in [0.4, 0.5) is 17.1 Å². The van der Waals surface area contributed by atoms with Crippen molar-refractivity contribution in [2.24, 2.45) is 0 Å². The zero-order valence-electron chi connectivity index (χ0n) is 23.8. The molecule has 0 bridgehead atoms. The lowest BCUT2D eigenvalue weighted by atomic mass is 9.98. The van der Waals surface area contributed by atoms with Crippen LogP contribution in [-0.4, -0.2) is 68.3 Å². The number of carbonyl (C=O) groups is 3. The summed E-state index contributed by atoms with van der Waals surface area (Å²) in [5.74, 6) is -0.344. The summed E-state index contributed by atoms with van der Waals surface area (Å²) in [4.78, 5) is 43.9. The minimum atomic E-state index is -0.241. The molecule has 0 aromatic heterocycles. The molecule has 0 saturated heterocycles. The highest BCUT2D eigenvalue weighted by Crippen LogP contribution is 2.38. The van der Waals surface area contributed by atoms with E-state index in [4.69, 9.17) is 0 Å². The average Bonchev–Trinajstić information content (AvgIpc) is 3.28. The van der Waals surface area contributed by atoms with Gasteiger partial charge in [0.2, 0.25) is 5.91 Å². The van der Waals surface area contributed by atoms with Crippen LogP contribution in [0.3, 0.4) is 0 Å². The van der Waals surface area contributed by atoms with Gasteiger partial charge in [-0.25, -0.2) is 0 Å². The van der Waals surface area contributed by atoms with Gasteiger partial charge in [0.25, 0.3) is 11.8 Å². The van der Waals surface area contributed by atoms with Crippen molar-refractivity contribution in [1.82, 2.24) is 9.80 Å². The van der Waals surface area contributed by atoms with Crippen LogP contribution in [0.25, 0.3) is 11.3 Å². The fourth-order valence-electron chi connectivity index (χ4n) is 4.68. The first-order valence-corrected chi connectivity index (χ1v) is 13.5. The fourth-order valence-corrected chi connectivity index (χ4v) is 4.68. The van der Waals surface area contributed by atoms with Gasteiger partial charge in [0.15, 0.2) is 0 Å². The first-order valence-electron chi connectivity index (χ1n) is 13.5. The minimum Gasteiger partial charge on any atom is -0.354 e. The van der Waals surface area contributed by atoms with Crippen LogP contribution >= 0.6 is 0 Å². The van der Waals surface area contributed by atoms with Gasteiger partial charge in [-0.05, 0) is 75.9 Å². The standard InChI is InChI=1S/C32H37N5O3/c1-6-36(5)32(40)24-13-18-27-28(21-24)34-31(39)29(27)30(23-11-8-7-9-12-23)33-25-14-16-26(17-15-25)37(22(2)38)20-10-19-35(3)4/h7-9,11-18,21,33H,6,10,19-20H2,1-5H3,(H,34,39)/b30-29-. The predicted octanol–water partition coefficient (Wildman–Crippen LogP) is 5.02. The number of amides is 3. The van der Waals surface area contributed by atoms with Crippen LogP contribution in [0, 0.1) is 0 Å². The van der Waals surface area contributed by atoms with Gasteiger partial charge in [-0.15, -0.1) is 0 Å². The van der Waals surface area contributed by atoms with Crippen LogP contribution < -0.4 is 15.5 Å². The van der Waals surface area contributed by atoms with E-state index < -0.39 is 0 Å². The molecule has 208 valence electrons.